The third kappa shape index (κ3) is 4.28. The van der Waals surface area contributed by atoms with E-state index in [1.165, 1.54) is 11.3 Å². The predicted molar refractivity (Wildman–Crippen MR) is 102 cm³/mol. The van der Waals surface area contributed by atoms with Crippen molar-refractivity contribution in [3.63, 3.8) is 0 Å². The molecule has 7 nitrogen and oxygen atoms in total. The van der Waals surface area contributed by atoms with Gasteiger partial charge >= 0.3 is 0 Å². The van der Waals surface area contributed by atoms with Gasteiger partial charge in [-0.2, -0.15) is 0 Å². The molecule has 27 heavy (non-hydrogen) atoms. The average Bonchev–Trinajstić information content (AvgIpc) is 3.40. The Hall–Kier alpha value is -2.45. The van der Waals surface area contributed by atoms with Crippen molar-refractivity contribution in [2.45, 2.75) is 25.5 Å². The third-order valence-electron chi connectivity index (χ3n) is 4.56. The standard InChI is InChI=1S/C19H21N3O4S/c23-17(21-11-15-2-1-9-25-15)12-26-14-5-3-13(4-6-14)10-16-18(24)22-8-7-20-19(22)27-16/h3-6,10,15H,1-2,7-9,11-12H2,(H,21,23)/b16-10+/t15-/m0/s1. The molecule has 4 rings (SSSR count). The second kappa shape index (κ2) is 8.06. The van der Waals surface area contributed by atoms with Crippen molar-refractivity contribution in [2.75, 3.05) is 26.3 Å². The number of rotatable bonds is 6. The zero-order valence-corrected chi connectivity index (χ0v) is 15.7. The number of carbonyl (C=O) groups excluding carboxylic acids is 1. The topological polar surface area (TPSA) is 81.9 Å². The lowest BCUT2D eigenvalue weighted by molar-refractivity contribution is -0.123. The zero-order valence-electron chi connectivity index (χ0n) is 14.8. The van der Waals surface area contributed by atoms with Crippen LogP contribution in [0, 0.1) is 0 Å². The summed E-state index contributed by atoms with van der Waals surface area (Å²) < 4.78 is 13.4. The SMILES string of the molecule is O=C(COc1ccc(/C=c2/sc3n(c2=O)CCN=3)cc1)NC[C@@H]1CCCO1. The van der Waals surface area contributed by atoms with E-state index in [2.05, 4.69) is 10.3 Å². The third-order valence-corrected chi connectivity index (χ3v) is 5.60. The van der Waals surface area contributed by atoms with E-state index in [9.17, 15) is 9.59 Å². The number of fused-ring (bicyclic) bond motifs is 1. The summed E-state index contributed by atoms with van der Waals surface area (Å²) in [7, 11) is 0. The van der Waals surface area contributed by atoms with Crippen LogP contribution in [0.5, 0.6) is 5.75 Å². The van der Waals surface area contributed by atoms with Gasteiger partial charge in [-0.25, -0.2) is 0 Å². The molecule has 0 spiro atoms. The van der Waals surface area contributed by atoms with E-state index in [0.717, 1.165) is 29.8 Å². The van der Waals surface area contributed by atoms with Crippen molar-refractivity contribution in [2.24, 2.45) is 4.99 Å². The normalized spacial score (nSPS) is 19.0. The monoisotopic (exact) mass is 387 g/mol. The first-order valence-corrected chi connectivity index (χ1v) is 9.88. The molecule has 2 aliphatic heterocycles. The molecule has 3 heterocycles. The minimum Gasteiger partial charge on any atom is -0.484 e. The van der Waals surface area contributed by atoms with E-state index in [-0.39, 0.29) is 24.2 Å². The molecule has 0 bridgehead atoms. The highest BCUT2D eigenvalue weighted by atomic mass is 32.1. The highest BCUT2D eigenvalue weighted by molar-refractivity contribution is 7.07. The van der Waals surface area contributed by atoms with E-state index in [0.29, 0.717) is 29.9 Å². The molecule has 8 heteroatoms. The number of amides is 1. The Morgan fingerprint density at radius 3 is 3.00 bits per heavy atom. The van der Waals surface area contributed by atoms with Crippen LogP contribution in [0.2, 0.25) is 0 Å². The van der Waals surface area contributed by atoms with Gasteiger partial charge in [0, 0.05) is 19.7 Å². The molecule has 0 saturated carbocycles. The minimum absolute atomic E-state index is 0.0134. The molecule has 1 atom stereocenters. The summed E-state index contributed by atoms with van der Waals surface area (Å²) in [6, 6.07) is 7.32. The average molecular weight is 387 g/mol. The first-order chi connectivity index (χ1) is 13.2. The number of nitrogens with one attached hydrogen (secondary N) is 1. The summed E-state index contributed by atoms with van der Waals surface area (Å²) in [6.45, 7) is 2.63. The number of hydrogen-bond acceptors (Lipinski definition) is 6. The van der Waals surface area contributed by atoms with E-state index < -0.39 is 0 Å². The summed E-state index contributed by atoms with van der Waals surface area (Å²) in [6.07, 6.45) is 4.02. The van der Waals surface area contributed by atoms with E-state index in [1.54, 1.807) is 16.7 Å². The van der Waals surface area contributed by atoms with Crippen LogP contribution in [0.15, 0.2) is 34.1 Å². The largest absolute Gasteiger partial charge is 0.484 e. The van der Waals surface area contributed by atoms with Crippen LogP contribution >= 0.6 is 11.3 Å². The lowest BCUT2D eigenvalue weighted by Crippen LogP contribution is -2.35. The van der Waals surface area contributed by atoms with Crippen LogP contribution in [0.1, 0.15) is 18.4 Å². The van der Waals surface area contributed by atoms with Gasteiger partial charge in [0.25, 0.3) is 11.5 Å². The Labute approximate surface area is 160 Å². The molecule has 0 radical (unpaired) electrons. The molecule has 2 aromatic rings. The lowest BCUT2D eigenvalue weighted by atomic mass is 10.2. The van der Waals surface area contributed by atoms with Crippen molar-refractivity contribution in [3.05, 3.63) is 49.5 Å². The molecular formula is C19H21N3O4S. The molecule has 2 aliphatic rings. The van der Waals surface area contributed by atoms with Gasteiger partial charge in [0.05, 0.1) is 17.2 Å². The molecule has 1 saturated heterocycles. The first kappa shape index (κ1) is 17.9. The smallest absolute Gasteiger partial charge is 0.270 e. The molecule has 1 aromatic heterocycles. The quantitative estimate of drug-likeness (QED) is 0.759. The molecule has 1 fully saturated rings. The van der Waals surface area contributed by atoms with Gasteiger partial charge in [-0.05, 0) is 36.6 Å². The predicted octanol–water partition coefficient (Wildman–Crippen LogP) is 0.0458. The molecule has 0 aliphatic carbocycles. The van der Waals surface area contributed by atoms with Gasteiger partial charge < -0.3 is 14.8 Å². The summed E-state index contributed by atoms with van der Waals surface area (Å²) in [4.78, 5) is 29.2. The number of hydrogen-bond donors (Lipinski definition) is 1. The summed E-state index contributed by atoms with van der Waals surface area (Å²) >= 11 is 1.41. The lowest BCUT2D eigenvalue weighted by Gasteiger charge is -2.11. The van der Waals surface area contributed by atoms with Crippen LogP contribution in [0.4, 0.5) is 0 Å². The Balaban J connectivity index is 1.33. The highest BCUT2D eigenvalue weighted by Gasteiger charge is 2.16. The fourth-order valence-electron chi connectivity index (χ4n) is 3.11. The number of ether oxygens (including phenoxy) is 2. The van der Waals surface area contributed by atoms with Crippen LogP contribution in [0.3, 0.4) is 0 Å². The number of carbonyl (C=O) groups is 1. The molecular weight excluding hydrogens is 366 g/mol. The minimum atomic E-state index is -0.161. The van der Waals surface area contributed by atoms with Crippen molar-refractivity contribution in [3.8, 4) is 5.75 Å². The van der Waals surface area contributed by atoms with Crippen LogP contribution < -0.4 is 24.9 Å². The molecule has 0 unspecified atom stereocenters. The van der Waals surface area contributed by atoms with E-state index in [1.807, 2.05) is 18.2 Å². The Morgan fingerprint density at radius 1 is 1.41 bits per heavy atom. The van der Waals surface area contributed by atoms with Crippen molar-refractivity contribution in [1.29, 1.82) is 0 Å². The van der Waals surface area contributed by atoms with Gasteiger partial charge in [0.2, 0.25) is 0 Å². The fraction of sp³-hybridized carbons (Fsp3) is 0.421. The van der Waals surface area contributed by atoms with Crippen LogP contribution in [0.25, 0.3) is 6.08 Å². The Bertz CT molecular complexity index is 987. The number of aromatic nitrogens is 1. The summed E-state index contributed by atoms with van der Waals surface area (Å²) in [5.41, 5.74) is 0.919. The zero-order chi connectivity index (χ0) is 18.6. The van der Waals surface area contributed by atoms with Gasteiger partial charge in [0.15, 0.2) is 11.4 Å². The van der Waals surface area contributed by atoms with E-state index in [4.69, 9.17) is 9.47 Å². The van der Waals surface area contributed by atoms with Crippen LogP contribution in [-0.4, -0.2) is 42.9 Å². The maximum atomic E-state index is 12.3. The summed E-state index contributed by atoms with van der Waals surface area (Å²) in [5.74, 6) is 0.450. The Morgan fingerprint density at radius 2 is 2.26 bits per heavy atom. The van der Waals surface area contributed by atoms with Gasteiger partial charge in [0.1, 0.15) is 5.75 Å². The van der Waals surface area contributed by atoms with Gasteiger partial charge in [-0.15, -0.1) is 0 Å². The molecule has 1 aromatic carbocycles. The maximum Gasteiger partial charge on any atom is 0.270 e. The van der Waals surface area contributed by atoms with E-state index >= 15 is 0 Å². The second-order valence-corrected chi connectivity index (χ2v) is 7.54. The van der Waals surface area contributed by atoms with Crippen molar-refractivity contribution in [1.82, 2.24) is 9.88 Å². The van der Waals surface area contributed by atoms with Gasteiger partial charge in [-0.3, -0.25) is 19.1 Å². The maximum absolute atomic E-state index is 12.3. The van der Waals surface area contributed by atoms with Crippen molar-refractivity contribution < 1.29 is 14.3 Å². The van der Waals surface area contributed by atoms with Crippen LogP contribution in [-0.2, 0) is 16.1 Å². The second-order valence-electron chi connectivity index (χ2n) is 6.53. The molecule has 1 N–H and O–H groups in total. The van der Waals surface area contributed by atoms with Gasteiger partial charge in [-0.1, -0.05) is 23.5 Å². The summed E-state index contributed by atoms with van der Waals surface area (Å²) in [5, 5.41) is 2.82. The van der Waals surface area contributed by atoms with Crippen molar-refractivity contribution >= 4 is 23.3 Å². The fourth-order valence-corrected chi connectivity index (χ4v) is 4.14. The number of benzene rings is 1. The number of nitrogens with zero attached hydrogens (tertiary/aromatic N) is 2. The highest BCUT2D eigenvalue weighted by Crippen LogP contribution is 2.13. The number of thiazole rings is 1. The first-order valence-electron chi connectivity index (χ1n) is 9.06. The Kier molecular flexibility index (Phi) is 5.35. The molecule has 1 amide bonds. The molecule has 142 valence electrons.